The predicted molar refractivity (Wildman–Crippen MR) is 113 cm³/mol. The van der Waals surface area contributed by atoms with Gasteiger partial charge < -0.3 is 15.7 Å². The molecule has 0 saturated heterocycles. The molecule has 5 heteroatoms. The molecule has 0 heterocycles. The number of aliphatic imine (C=N–C) groups is 1. The summed E-state index contributed by atoms with van der Waals surface area (Å²) in [5.41, 5.74) is 2.41. The van der Waals surface area contributed by atoms with Gasteiger partial charge in [0.15, 0.2) is 5.96 Å². The molecule has 0 bridgehead atoms. The maximum Gasteiger partial charge on any atom is 0.191 e. The van der Waals surface area contributed by atoms with Gasteiger partial charge in [-0.1, -0.05) is 42.5 Å². The Bertz CT molecular complexity index is 685. The van der Waals surface area contributed by atoms with E-state index in [4.69, 9.17) is 0 Å². The molecule has 3 N–H and O–H groups in total. The molecule has 0 fully saturated rings. The van der Waals surface area contributed by atoms with Crippen LogP contribution in [0.1, 0.15) is 31.4 Å². The van der Waals surface area contributed by atoms with Gasteiger partial charge in [0.1, 0.15) is 5.75 Å². The van der Waals surface area contributed by atoms with Gasteiger partial charge in [0.25, 0.3) is 0 Å². The van der Waals surface area contributed by atoms with Crippen molar-refractivity contribution in [3.63, 3.8) is 0 Å². The second-order valence-electron chi connectivity index (χ2n) is 6.83. The van der Waals surface area contributed by atoms with E-state index in [-0.39, 0.29) is 5.75 Å². The zero-order valence-electron chi connectivity index (χ0n) is 16.7. The van der Waals surface area contributed by atoms with E-state index < -0.39 is 0 Å². The molecule has 2 rings (SSSR count). The van der Waals surface area contributed by atoms with Crippen molar-refractivity contribution >= 4 is 5.96 Å². The molecule has 0 spiro atoms. The fourth-order valence-corrected chi connectivity index (χ4v) is 2.76. The Labute approximate surface area is 163 Å². The fourth-order valence-electron chi connectivity index (χ4n) is 2.76. The summed E-state index contributed by atoms with van der Waals surface area (Å²) in [4.78, 5) is 6.99. The molecule has 1 atom stereocenters. The predicted octanol–water partition coefficient (Wildman–Crippen LogP) is 3.36. The first kappa shape index (κ1) is 20.8. The summed E-state index contributed by atoms with van der Waals surface area (Å²) in [6.45, 7) is 7.54. The second-order valence-corrected chi connectivity index (χ2v) is 6.83. The first-order valence-electron chi connectivity index (χ1n) is 9.62. The van der Waals surface area contributed by atoms with Crippen molar-refractivity contribution in [1.29, 1.82) is 0 Å². The Morgan fingerprint density at radius 3 is 2.41 bits per heavy atom. The van der Waals surface area contributed by atoms with Gasteiger partial charge in [0.2, 0.25) is 0 Å². The average Bonchev–Trinajstić information content (AvgIpc) is 2.68. The number of phenolic OH excluding ortho intramolecular Hbond substituents is 1. The van der Waals surface area contributed by atoms with E-state index in [2.05, 4.69) is 71.8 Å². The number of guanidine groups is 1. The minimum absolute atomic E-state index is 0.279. The topological polar surface area (TPSA) is 59.9 Å². The first-order valence-corrected chi connectivity index (χ1v) is 9.62. The monoisotopic (exact) mass is 368 g/mol. The molecule has 0 aliphatic carbocycles. The van der Waals surface area contributed by atoms with Crippen molar-refractivity contribution in [1.82, 2.24) is 15.5 Å². The summed E-state index contributed by atoms with van der Waals surface area (Å²) < 4.78 is 0. The van der Waals surface area contributed by atoms with Crippen LogP contribution in [-0.4, -0.2) is 42.1 Å². The number of rotatable bonds is 9. The maximum atomic E-state index is 9.36. The van der Waals surface area contributed by atoms with Crippen molar-refractivity contribution < 1.29 is 5.11 Å². The Morgan fingerprint density at radius 2 is 1.74 bits per heavy atom. The van der Waals surface area contributed by atoms with Crippen LogP contribution in [0.25, 0.3) is 0 Å². The summed E-state index contributed by atoms with van der Waals surface area (Å²) in [5, 5.41) is 16.1. The molecule has 0 saturated carbocycles. The number of aromatic hydroxyl groups is 1. The fraction of sp³-hybridized carbons (Fsp3) is 0.409. The Kier molecular flexibility index (Phi) is 8.65. The Morgan fingerprint density at radius 1 is 1.04 bits per heavy atom. The maximum absolute atomic E-state index is 9.36. The molecule has 146 valence electrons. The molecule has 0 aromatic heterocycles. The van der Waals surface area contributed by atoms with Gasteiger partial charge in [-0.2, -0.15) is 0 Å². The number of phenols is 1. The van der Waals surface area contributed by atoms with E-state index in [1.807, 2.05) is 12.1 Å². The smallest absolute Gasteiger partial charge is 0.191 e. The van der Waals surface area contributed by atoms with E-state index >= 15 is 0 Å². The van der Waals surface area contributed by atoms with E-state index in [0.717, 1.165) is 37.6 Å². The van der Waals surface area contributed by atoms with Gasteiger partial charge in [0, 0.05) is 25.7 Å². The minimum atomic E-state index is 0.279. The van der Waals surface area contributed by atoms with Gasteiger partial charge in [0.05, 0.1) is 6.54 Å². The van der Waals surface area contributed by atoms with Crippen molar-refractivity contribution in [2.75, 3.05) is 20.1 Å². The third kappa shape index (κ3) is 7.71. The lowest BCUT2D eigenvalue weighted by Gasteiger charge is -2.25. The van der Waals surface area contributed by atoms with Gasteiger partial charge >= 0.3 is 0 Å². The lowest BCUT2D eigenvalue weighted by atomic mass is 10.1. The molecule has 0 amide bonds. The summed E-state index contributed by atoms with van der Waals surface area (Å²) in [7, 11) is 2.17. The van der Waals surface area contributed by atoms with Crippen molar-refractivity contribution in [2.45, 2.75) is 39.4 Å². The lowest BCUT2D eigenvalue weighted by Crippen LogP contribution is -2.40. The zero-order valence-corrected chi connectivity index (χ0v) is 16.7. The highest BCUT2D eigenvalue weighted by Crippen LogP contribution is 2.10. The molecule has 5 nitrogen and oxygen atoms in total. The first-order chi connectivity index (χ1) is 13.1. The number of hydrogen-bond acceptors (Lipinski definition) is 3. The van der Waals surface area contributed by atoms with E-state index in [1.165, 1.54) is 5.56 Å². The lowest BCUT2D eigenvalue weighted by molar-refractivity contribution is 0.238. The standard InChI is InChI=1S/C22H32N4O/c1-4-23-22(25-16-19-10-12-21(27)13-11-19)24-15-14-18(2)26(3)17-20-8-6-5-7-9-20/h5-13,18,27H,4,14-17H2,1-3H3,(H2,23,24,25). The van der Waals surface area contributed by atoms with Crippen LogP contribution in [-0.2, 0) is 13.1 Å². The highest BCUT2D eigenvalue weighted by atomic mass is 16.3. The molecule has 2 aromatic carbocycles. The average molecular weight is 369 g/mol. The molecule has 0 aliphatic heterocycles. The van der Waals surface area contributed by atoms with E-state index in [9.17, 15) is 5.11 Å². The van der Waals surface area contributed by atoms with Crippen molar-refractivity contribution in [3.05, 3.63) is 65.7 Å². The Hall–Kier alpha value is -2.53. The summed E-state index contributed by atoms with van der Waals surface area (Å²) in [5.74, 6) is 1.10. The van der Waals surface area contributed by atoms with Gasteiger partial charge in [-0.25, -0.2) is 4.99 Å². The quantitative estimate of drug-likeness (QED) is 0.469. The molecule has 0 radical (unpaired) electrons. The largest absolute Gasteiger partial charge is 0.508 e. The SMILES string of the molecule is CCNC(=NCc1ccc(O)cc1)NCCC(C)N(C)Cc1ccccc1. The van der Waals surface area contributed by atoms with Gasteiger partial charge in [-0.05, 0) is 50.6 Å². The second kappa shape index (κ2) is 11.2. The van der Waals surface area contributed by atoms with Crippen LogP contribution in [0.5, 0.6) is 5.75 Å². The highest BCUT2D eigenvalue weighted by molar-refractivity contribution is 5.79. The highest BCUT2D eigenvalue weighted by Gasteiger charge is 2.09. The summed E-state index contributed by atoms with van der Waals surface area (Å²) in [6, 6.07) is 18.2. The minimum Gasteiger partial charge on any atom is -0.508 e. The van der Waals surface area contributed by atoms with Gasteiger partial charge in [-0.3, -0.25) is 4.90 Å². The molecule has 0 aliphatic rings. The number of nitrogens with one attached hydrogen (secondary N) is 2. The summed E-state index contributed by atoms with van der Waals surface area (Å²) >= 11 is 0. The number of benzene rings is 2. The third-order valence-corrected chi connectivity index (χ3v) is 4.58. The van der Waals surface area contributed by atoms with Crippen LogP contribution >= 0.6 is 0 Å². The van der Waals surface area contributed by atoms with Crippen LogP contribution in [0.4, 0.5) is 0 Å². The van der Waals surface area contributed by atoms with Crippen LogP contribution in [0.2, 0.25) is 0 Å². The van der Waals surface area contributed by atoms with Crippen molar-refractivity contribution in [2.24, 2.45) is 4.99 Å². The number of hydrogen-bond donors (Lipinski definition) is 3. The van der Waals surface area contributed by atoms with Crippen LogP contribution in [0.15, 0.2) is 59.6 Å². The van der Waals surface area contributed by atoms with E-state index in [1.54, 1.807) is 12.1 Å². The zero-order chi connectivity index (χ0) is 19.5. The van der Waals surface area contributed by atoms with Crippen LogP contribution in [0.3, 0.4) is 0 Å². The molecule has 1 unspecified atom stereocenters. The normalized spacial score (nSPS) is 12.8. The molecular weight excluding hydrogens is 336 g/mol. The van der Waals surface area contributed by atoms with E-state index in [0.29, 0.717) is 12.6 Å². The summed E-state index contributed by atoms with van der Waals surface area (Å²) in [6.07, 6.45) is 1.03. The van der Waals surface area contributed by atoms with Crippen LogP contribution in [0, 0.1) is 0 Å². The van der Waals surface area contributed by atoms with Gasteiger partial charge in [-0.15, -0.1) is 0 Å². The molecule has 2 aromatic rings. The van der Waals surface area contributed by atoms with Crippen molar-refractivity contribution in [3.8, 4) is 5.75 Å². The molecular formula is C22H32N4O. The Balaban J connectivity index is 1.78. The molecule has 27 heavy (non-hydrogen) atoms. The third-order valence-electron chi connectivity index (χ3n) is 4.58. The van der Waals surface area contributed by atoms with Crippen LogP contribution < -0.4 is 10.6 Å². The number of nitrogens with zero attached hydrogens (tertiary/aromatic N) is 2.